The summed E-state index contributed by atoms with van der Waals surface area (Å²) < 4.78 is 7.98. The van der Waals surface area contributed by atoms with E-state index in [2.05, 4.69) is 15.5 Å². The molecule has 0 saturated heterocycles. The van der Waals surface area contributed by atoms with Crippen LogP contribution in [0.3, 0.4) is 0 Å². The van der Waals surface area contributed by atoms with Gasteiger partial charge in [0.05, 0.1) is 5.56 Å². The van der Waals surface area contributed by atoms with Crippen LogP contribution in [0.2, 0.25) is 0 Å². The molecule has 1 saturated carbocycles. The summed E-state index contributed by atoms with van der Waals surface area (Å²) in [6, 6.07) is 5.59. The minimum Gasteiger partial charge on any atom is -0.484 e. The van der Waals surface area contributed by atoms with Crippen molar-refractivity contribution in [2.45, 2.75) is 45.6 Å². The molecule has 0 spiro atoms. The highest BCUT2D eigenvalue weighted by atomic mass is 16.5. The molecule has 1 amide bonds. The van der Waals surface area contributed by atoms with Crippen LogP contribution in [-0.2, 0) is 13.7 Å². The van der Waals surface area contributed by atoms with E-state index in [1.165, 1.54) is 19.3 Å². The molecular weight excluding hydrogens is 304 g/mol. The maximum absolute atomic E-state index is 12.2. The number of nitrogens with one attached hydrogen (secondary N) is 1. The van der Waals surface area contributed by atoms with Crippen LogP contribution in [0.1, 0.15) is 59.7 Å². The van der Waals surface area contributed by atoms with Gasteiger partial charge < -0.3 is 14.6 Å². The molecule has 0 radical (unpaired) electrons. The Morgan fingerprint density at radius 2 is 2.17 bits per heavy atom. The van der Waals surface area contributed by atoms with Gasteiger partial charge in [-0.1, -0.05) is 18.6 Å². The van der Waals surface area contributed by atoms with Crippen molar-refractivity contribution < 1.29 is 9.53 Å². The highest BCUT2D eigenvalue weighted by Gasteiger charge is 2.25. The minimum absolute atomic E-state index is 0.121. The molecular formula is C18H24N4O2. The Labute approximate surface area is 142 Å². The Balaban J connectivity index is 1.77. The summed E-state index contributed by atoms with van der Waals surface area (Å²) in [5.41, 5.74) is 1.48. The summed E-state index contributed by atoms with van der Waals surface area (Å²) in [6.07, 6.45) is 3.64. The first kappa shape index (κ1) is 16.5. The van der Waals surface area contributed by atoms with Crippen molar-refractivity contribution in [2.75, 3.05) is 6.54 Å². The Hall–Kier alpha value is -2.37. The number of benzene rings is 1. The number of carbonyl (C=O) groups is 1. The summed E-state index contributed by atoms with van der Waals surface area (Å²) in [5.74, 6) is 2.83. The van der Waals surface area contributed by atoms with Gasteiger partial charge >= 0.3 is 0 Å². The summed E-state index contributed by atoms with van der Waals surface area (Å²) in [7, 11) is 1.98. The monoisotopic (exact) mass is 328 g/mol. The number of carbonyl (C=O) groups excluding carboxylic acids is 1. The van der Waals surface area contributed by atoms with E-state index < -0.39 is 0 Å². The molecule has 0 bridgehead atoms. The normalized spacial score (nSPS) is 14.3. The van der Waals surface area contributed by atoms with Gasteiger partial charge in [-0.05, 0) is 38.3 Å². The third kappa shape index (κ3) is 3.13. The van der Waals surface area contributed by atoms with Crippen molar-refractivity contribution >= 4 is 5.91 Å². The molecule has 0 aliphatic heterocycles. The van der Waals surface area contributed by atoms with Crippen molar-refractivity contribution in [3.63, 3.8) is 0 Å². The standard InChI is InChI=1S/C18H24N4O2/c1-4-19-18(23)14-10-5-7-12(2)16(14)24-11-15-20-21-17(22(15)3)13-8-6-9-13/h5,7,10,13H,4,6,8-9,11H2,1-3H3,(H,19,23). The smallest absolute Gasteiger partial charge is 0.255 e. The molecule has 1 N–H and O–H groups in total. The van der Waals surface area contributed by atoms with Gasteiger partial charge in [-0.3, -0.25) is 4.79 Å². The first-order valence-electron chi connectivity index (χ1n) is 8.50. The molecule has 3 rings (SSSR count). The molecule has 1 fully saturated rings. The van der Waals surface area contributed by atoms with Crippen LogP contribution in [0, 0.1) is 6.92 Å². The van der Waals surface area contributed by atoms with E-state index in [0.29, 0.717) is 30.4 Å². The number of hydrogen-bond acceptors (Lipinski definition) is 4. The van der Waals surface area contributed by atoms with Crippen molar-refractivity contribution in [1.82, 2.24) is 20.1 Å². The van der Waals surface area contributed by atoms with Gasteiger partial charge in [-0.15, -0.1) is 10.2 Å². The second-order valence-electron chi connectivity index (χ2n) is 6.26. The van der Waals surface area contributed by atoms with Crippen LogP contribution in [0.25, 0.3) is 0 Å². The van der Waals surface area contributed by atoms with Gasteiger partial charge in [-0.25, -0.2) is 0 Å². The molecule has 1 aromatic heterocycles. The van der Waals surface area contributed by atoms with E-state index >= 15 is 0 Å². The molecule has 0 atom stereocenters. The minimum atomic E-state index is -0.121. The molecule has 1 heterocycles. The molecule has 1 aromatic carbocycles. The third-order valence-electron chi connectivity index (χ3n) is 4.61. The van der Waals surface area contributed by atoms with Crippen molar-refractivity contribution in [1.29, 1.82) is 0 Å². The van der Waals surface area contributed by atoms with Gasteiger partial charge in [0.15, 0.2) is 5.82 Å². The third-order valence-corrected chi connectivity index (χ3v) is 4.61. The first-order valence-corrected chi connectivity index (χ1v) is 8.50. The van der Waals surface area contributed by atoms with E-state index in [4.69, 9.17) is 4.74 Å². The zero-order chi connectivity index (χ0) is 17.1. The molecule has 6 nitrogen and oxygen atoms in total. The summed E-state index contributed by atoms with van der Waals surface area (Å²) in [4.78, 5) is 12.2. The van der Waals surface area contributed by atoms with Gasteiger partial charge in [0.2, 0.25) is 0 Å². The fourth-order valence-corrected chi connectivity index (χ4v) is 2.94. The number of hydrogen-bond donors (Lipinski definition) is 1. The number of para-hydroxylation sites is 1. The first-order chi connectivity index (χ1) is 11.6. The number of ether oxygens (including phenoxy) is 1. The lowest BCUT2D eigenvalue weighted by Crippen LogP contribution is -2.23. The molecule has 6 heteroatoms. The highest BCUT2D eigenvalue weighted by molar-refractivity contribution is 5.97. The Morgan fingerprint density at radius 3 is 2.83 bits per heavy atom. The SMILES string of the molecule is CCNC(=O)c1cccc(C)c1OCc1nnc(C2CCC2)n1C. The molecule has 1 aliphatic carbocycles. The van der Waals surface area contributed by atoms with Crippen LogP contribution < -0.4 is 10.1 Å². The van der Waals surface area contributed by atoms with E-state index in [1.54, 1.807) is 6.07 Å². The maximum Gasteiger partial charge on any atom is 0.255 e. The summed E-state index contributed by atoms with van der Waals surface area (Å²) in [5, 5.41) is 11.4. The van der Waals surface area contributed by atoms with Crippen LogP contribution in [0.15, 0.2) is 18.2 Å². The van der Waals surface area contributed by atoms with Gasteiger partial charge in [-0.2, -0.15) is 0 Å². The molecule has 0 unspecified atom stereocenters. The van der Waals surface area contributed by atoms with E-state index in [1.807, 2.05) is 37.6 Å². The van der Waals surface area contributed by atoms with E-state index in [9.17, 15) is 4.79 Å². The maximum atomic E-state index is 12.2. The number of aromatic nitrogens is 3. The van der Waals surface area contributed by atoms with Crippen LogP contribution in [0.5, 0.6) is 5.75 Å². The fraction of sp³-hybridized carbons (Fsp3) is 0.500. The average molecular weight is 328 g/mol. The lowest BCUT2D eigenvalue weighted by Gasteiger charge is -2.24. The Bertz CT molecular complexity index is 735. The lowest BCUT2D eigenvalue weighted by molar-refractivity contribution is 0.0951. The molecule has 1 aliphatic rings. The van der Waals surface area contributed by atoms with Gasteiger partial charge in [0.1, 0.15) is 18.2 Å². The second-order valence-corrected chi connectivity index (χ2v) is 6.26. The largest absolute Gasteiger partial charge is 0.484 e. The van der Waals surface area contributed by atoms with E-state index in [-0.39, 0.29) is 5.91 Å². The molecule has 128 valence electrons. The zero-order valence-electron chi connectivity index (χ0n) is 14.5. The number of aryl methyl sites for hydroxylation is 1. The van der Waals surface area contributed by atoms with Crippen LogP contribution in [0.4, 0.5) is 0 Å². The molecule has 2 aromatic rings. The quantitative estimate of drug-likeness (QED) is 0.885. The van der Waals surface area contributed by atoms with Crippen molar-refractivity contribution in [2.24, 2.45) is 7.05 Å². The van der Waals surface area contributed by atoms with Crippen LogP contribution >= 0.6 is 0 Å². The van der Waals surface area contributed by atoms with Crippen LogP contribution in [-0.4, -0.2) is 27.2 Å². The predicted molar refractivity (Wildman–Crippen MR) is 91.1 cm³/mol. The number of nitrogens with zero attached hydrogens (tertiary/aromatic N) is 3. The molecule has 24 heavy (non-hydrogen) atoms. The van der Waals surface area contributed by atoms with Crippen molar-refractivity contribution in [3.05, 3.63) is 41.0 Å². The highest BCUT2D eigenvalue weighted by Crippen LogP contribution is 2.35. The van der Waals surface area contributed by atoms with Gasteiger partial charge in [0.25, 0.3) is 5.91 Å². The number of amides is 1. The van der Waals surface area contributed by atoms with Gasteiger partial charge in [0, 0.05) is 19.5 Å². The zero-order valence-corrected chi connectivity index (χ0v) is 14.5. The number of rotatable bonds is 6. The predicted octanol–water partition coefficient (Wildman–Crippen LogP) is 2.72. The second kappa shape index (κ2) is 7.03. The van der Waals surface area contributed by atoms with E-state index in [0.717, 1.165) is 17.2 Å². The van der Waals surface area contributed by atoms with Crippen molar-refractivity contribution in [3.8, 4) is 5.75 Å². The summed E-state index contributed by atoms with van der Waals surface area (Å²) >= 11 is 0. The Morgan fingerprint density at radius 1 is 1.38 bits per heavy atom. The fourth-order valence-electron chi connectivity index (χ4n) is 2.94. The Kier molecular flexibility index (Phi) is 4.83. The average Bonchev–Trinajstić information content (AvgIpc) is 2.86. The lowest BCUT2D eigenvalue weighted by atomic mass is 9.85. The topological polar surface area (TPSA) is 69.0 Å². The summed E-state index contributed by atoms with van der Waals surface area (Å²) in [6.45, 7) is 4.72.